The molecule has 52 heavy (non-hydrogen) atoms. The number of anilines is 2. The fourth-order valence-corrected chi connectivity index (χ4v) is 4.56. The molecule has 278 valence electrons. The number of aromatic nitrogens is 4. The third kappa shape index (κ3) is 11.9. The van der Waals surface area contributed by atoms with Crippen LogP contribution in [0.25, 0.3) is 11.2 Å². The number of hydrogen-bond acceptors (Lipinski definition) is 15. The number of nitrogen functional groups attached to an aromatic ring is 1. The van der Waals surface area contributed by atoms with Crippen LogP contribution >= 0.6 is 12.6 Å². The summed E-state index contributed by atoms with van der Waals surface area (Å²) in [6.07, 6.45) is -0.381. The standard InChI is InChI=1S/C29H35N11O11S/c30-15(24(46)37-17(7-20(43)44)26(48)38-18(11-52)28(50)51)10-34-25(47)16(5-6-19(41)42)36-23(45)12-1-3-13(4-2-12)32-8-14-9-33-22-21(35-14)27(49)40-29(31)39-22/h1-4,9,15-18,32,52H,5-8,10-11,30H2,(H,34,47)(H,36,45)(H,37,46)(H,38,48)(H,41,42)(H,43,44)(H,50,51)(H3,31,33,39,40,49)/t15-,16+,17-,18-/m0/s1. The number of carboxylic acid groups (broad SMARTS) is 3. The van der Waals surface area contributed by atoms with Gasteiger partial charge in [-0.05, 0) is 30.7 Å². The number of hydrogen-bond donors (Lipinski definition) is 12. The van der Waals surface area contributed by atoms with E-state index in [1.807, 2.05) is 5.32 Å². The molecule has 0 bridgehead atoms. The fourth-order valence-electron chi connectivity index (χ4n) is 4.31. The Hall–Kier alpha value is -6.36. The van der Waals surface area contributed by atoms with Crippen molar-refractivity contribution in [2.24, 2.45) is 5.73 Å². The van der Waals surface area contributed by atoms with Crippen LogP contribution in [0.15, 0.2) is 35.3 Å². The van der Waals surface area contributed by atoms with Crippen LogP contribution in [-0.4, -0.2) is 113 Å². The maximum Gasteiger partial charge on any atom is 0.327 e. The van der Waals surface area contributed by atoms with E-state index < -0.39 is 90.6 Å². The summed E-state index contributed by atoms with van der Waals surface area (Å²) in [6, 6.07) is -0.223. The largest absolute Gasteiger partial charge is 0.481 e. The molecule has 0 aliphatic carbocycles. The Kier molecular flexibility index (Phi) is 14.3. The smallest absolute Gasteiger partial charge is 0.327 e. The number of thiol groups is 1. The molecule has 0 saturated heterocycles. The molecular weight excluding hydrogens is 710 g/mol. The van der Waals surface area contributed by atoms with Crippen LogP contribution in [0.4, 0.5) is 11.6 Å². The van der Waals surface area contributed by atoms with Crippen LogP contribution in [0.2, 0.25) is 0 Å². The maximum absolute atomic E-state index is 13.0. The number of amides is 4. The zero-order valence-electron chi connectivity index (χ0n) is 27.0. The summed E-state index contributed by atoms with van der Waals surface area (Å²) >= 11 is 3.80. The summed E-state index contributed by atoms with van der Waals surface area (Å²) in [4.78, 5) is 111. The number of benzene rings is 1. The molecule has 0 saturated carbocycles. The van der Waals surface area contributed by atoms with E-state index in [0.29, 0.717) is 11.4 Å². The van der Waals surface area contributed by atoms with E-state index >= 15 is 0 Å². The fraction of sp³-hybridized carbons (Fsp3) is 0.345. The van der Waals surface area contributed by atoms with Crippen molar-refractivity contribution < 1.29 is 48.9 Å². The lowest BCUT2D eigenvalue weighted by atomic mass is 10.1. The van der Waals surface area contributed by atoms with E-state index in [1.54, 1.807) is 12.1 Å². The Morgan fingerprint density at radius 3 is 2.15 bits per heavy atom. The van der Waals surface area contributed by atoms with Crippen molar-refractivity contribution in [1.29, 1.82) is 0 Å². The van der Waals surface area contributed by atoms with Gasteiger partial charge in [0.05, 0.1) is 24.9 Å². The molecule has 0 aliphatic rings. The number of carboxylic acids is 3. The minimum Gasteiger partial charge on any atom is -0.481 e. The van der Waals surface area contributed by atoms with E-state index in [0.717, 1.165) is 0 Å². The highest BCUT2D eigenvalue weighted by molar-refractivity contribution is 7.80. The van der Waals surface area contributed by atoms with Gasteiger partial charge in [-0.15, -0.1) is 0 Å². The van der Waals surface area contributed by atoms with Crippen molar-refractivity contribution in [3.8, 4) is 0 Å². The average molecular weight is 746 g/mol. The third-order valence-corrected chi connectivity index (χ3v) is 7.38. The first-order valence-corrected chi connectivity index (χ1v) is 15.8. The number of nitrogens with zero attached hydrogens (tertiary/aromatic N) is 3. The van der Waals surface area contributed by atoms with E-state index in [2.05, 4.69) is 53.8 Å². The quantitative estimate of drug-likeness (QED) is 0.0537. The van der Waals surface area contributed by atoms with Crippen LogP contribution in [0.3, 0.4) is 0 Å². The zero-order chi connectivity index (χ0) is 38.5. The molecule has 4 atom stereocenters. The summed E-state index contributed by atoms with van der Waals surface area (Å²) in [7, 11) is 0. The van der Waals surface area contributed by atoms with E-state index in [-0.39, 0.29) is 41.4 Å². The van der Waals surface area contributed by atoms with Crippen LogP contribution in [0.1, 0.15) is 35.3 Å². The van der Waals surface area contributed by atoms with Gasteiger partial charge in [0.2, 0.25) is 23.7 Å². The number of fused-ring (bicyclic) bond motifs is 1. The van der Waals surface area contributed by atoms with Gasteiger partial charge in [-0.3, -0.25) is 38.5 Å². The molecule has 23 heteroatoms. The lowest BCUT2D eigenvalue weighted by Gasteiger charge is -2.22. The Morgan fingerprint density at radius 2 is 1.54 bits per heavy atom. The van der Waals surface area contributed by atoms with Gasteiger partial charge in [0, 0.05) is 30.0 Å². The molecule has 0 spiro atoms. The maximum atomic E-state index is 13.0. The molecular formula is C29H35N11O11S. The monoisotopic (exact) mass is 745 g/mol. The number of aromatic amines is 1. The number of rotatable bonds is 19. The van der Waals surface area contributed by atoms with E-state index in [9.17, 15) is 38.4 Å². The van der Waals surface area contributed by atoms with Gasteiger partial charge in [-0.1, -0.05) is 0 Å². The first-order valence-electron chi connectivity index (χ1n) is 15.1. The molecule has 22 nitrogen and oxygen atoms in total. The normalized spacial score (nSPS) is 13.1. The van der Waals surface area contributed by atoms with Crippen LogP contribution < -0.4 is 43.6 Å². The minimum absolute atomic E-state index is 0.00145. The molecule has 3 aromatic rings. The summed E-state index contributed by atoms with van der Waals surface area (Å²) in [5, 5.41) is 39.3. The highest BCUT2D eigenvalue weighted by Gasteiger charge is 2.30. The van der Waals surface area contributed by atoms with Gasteiger partial charge in [0.1, 0.15) is 24.2 Å². The molecule has 2 heterocycles. The first-order chi connectivity index (χ1) is 24.6. The topological polar surface area (TPSA) is 364 Å². The van der Waals surface area contributed by atoms with Gasteiger partial charge >= 0.3 is 17.9 Å². The molecule has 13 N–H and O–H groups in total. The molecule has 0 unspecified atom stereocenters. The van der Waals surface area contributed by atoms with Gasteiger partial charge < -0.3 is 53.4 Å². The second kappa shape index (κ2) is 18.6. The molecule has 2 aromatic heterocycles. The number of carbonyl (C=O) groups is 7. The summed E-state index contributed by atoms with van der Waals surface area (Å²) in [6.45, 7) is -0.439. The van der Waals surface area contributed by atoms with Crippen molar-refractivity contribution in [3.05, 3.63) is 52.1 Å². The van der Waals surface area contributed by atoms with Crippen molar-refractivity contribution >= 4 is 77.0 Å². The molecule has 3 rings (SSSR count). The second-order valence-electron chi connectivity index (χ2n) is 11.0. The number of aliphatic carboxylic acids is 3. The predicted molar refractivity (Wildman–Crippen MR) is 183 cm³/mol. The van der Waals surface area contributed by atoms with Crippen LogP contribution in [0, 0.1) is 0 Å². The molecule has 0 fully saturated rings. The predicted octanol–water partition coefficient (Wildman–Crippen LogP) is -3.23. The van der Waals surface area contributed by atoms with Crippen molar-refractivity contribution in [1.82, 2.24) is 41.2 Å². The summed E-state index contributed by atoms with van der Waals surface area (Å²) in [5.41, 5.74) is 11.9. The molecule has 0 radical (unpaired) electrons. The Bertz CT molecular complexity index is 1890. The highest BCUT2D eigenvalue weighted by atomic mass is 32.1. The van der Waals surface area contributed by atoms with Crippen molar-refractivity contribution in [2.75, 3.05) is 23.3 Å². The van der Waals surface area contributed by atoms with Crippen molar-refractivity contribution in [2.45, 2.75) is 50.0 Å². The van der Waals surface area contributed by atoms with Gasteiger partial charge in [-0.25, -0.2) is 14.8 Å². The zero-order valence-corrected chi connectivity index (χ0v) is 27.9. The summed E-state index contributed by atoms with van der Waals surface area (Å²) in [5.74, 6) is -8.48. The van der Waals surface area contributed by atoms with Crippen LogP contribution in [0.5, 0.6) is 0 Å². The van der Waals surface area contributed by atoms with Crippen molar-refractivity contribution in [3.63, 3.8) is 0 Å². The van der Waals surface area contributed by atoms with Gasteiger partial charge in [0.15, 0.2) is 11.2 Å². The SMILES string of the molecule is Nc1nc2ncc(CNc3ccc(C(=O)N[C@H](CCC(=O)O)C(=O)NC[C@H](N)C(=O)N[C@@H](CC(=O)O)C(=O)N[C@@H](CS)C(=O)O)cc3)nc2c(=O)[nH]1. The average Bonchev–Trinajstić information content (AvgIpc) is 3.09. The number of nitrogens with one attached hydrogen (secondary N) is 6. The first kappa shape index (κ1) is 40.1. The lowest BCUT2D eigenvalue weighted by Crippen LogP contribution is -2.57. The third-order valence-electron chi connectivity index (χ3n) is 7.02. The van der Waals surface area contributed by atoms with Gasteiger partial charge in [-0.2, -0.15) is 17.6 Å². The Balaban J connectivity index is 1.59. The molecule has 4 amide bonds. The summed E-state index contributed by atoms with van der Waals surface area (Å²) < 4.78 is 0. The lowest BCUT2D eigenvalue weighted by molar-refractivity contribution is -0.143. The minimum atomic E-state index is -1.73. The Labute approximate surface area is 298 Å². The second-order valence-corrected chi connectivity index (χ2v) is 11.3. The number of H-pyrrole nitrogens is 1. The number of carbonyl (C=O) groups excluding carboxylic acids is 4. The highest BCUT2D eigenvalue weighted by Crippen LogP contribution is 2.12. The van der Waals surface area contributed by atoms with E-state index in [1.165, 1.54) is 18.3 Å². The van der Waals surface area contributed by atoms with E-state index in [4.69, 9.17) is 26.8 Å². The molecule has 0 aliphatic heterocycles. The molecule has 1 aromatic carbocycles. The Morgan fingerprint density at radius 1 is 0.865 bits per heavy atom. The van der Waals surface area contributed by atoms with Crippen LogP contribution in [-0.2, 0) is 35.3 Å². The number of nitrogens with two attached hydrogens (primary N) is 2. The van der Waals surface area contributed by atoms with Gasteiger partial charge in [0.25, 0.3) is 11.5 Å².